The van der Waals surface area contributed by atoms with E-state index in [1.165, 1.54) is 0 Å². The molecular weight excluding hydrogens is 512 g/mol. The van der Waals surface area contributed by atoms with Gasteiger partial charge in [-0.25, -0.2) is 14.5 Å². The number of fused-ring (bicyclic) bond motifs is 1. The molecule has 4 heterocycles. The molecule has 0 aromatic carbocycles. The van der Waals surface area contributed by atoms with E-state index in [9.17, 15) is 9.90 Å². The van der Waals surface area contributed by atoms with E-state index in [0.29, 0.717) is 23.9 Å². The second-order valence-electron chi connectivity index (χ2n) is 11.3. The van der Waals surface area contributed by atoms with E-state index in [0.717, 1.165) is 47.8 Å². The monoisotopic (exact) mass is 550 g/mol. The van der Waals surface area contributed by atoms with Crippen LogP contribution in [0.5, 0.6) is 5.88 Å². The van der Waals surface area contributed by atoms with E-state index in [2.05, 4.69) is 19.9 Å². The van der Waals surface area contributed by atoms with Crippen molar-refractivity contribution in [3.63, 3.8) is 0 Å². The van der Waals surface area contributed by atoms with Gasteiger partial charge in [-0.3, -0.25) is 14.3 Å². The quantitative estimate of drug-likeness (QED) is 0.359. The molecule has 4 aromatic heterocycles. The Morgan fingerprint density at radius 1 is 1.12 bits per heavy atom. The fraction of sp³-hybridized carbons (Fsp3) is 0.536. The molecule has 4 aromatic rings. The van der Waals surface area contributed by atoms with Crippen LogP contribution in [0.15, 0.2) is 30.7 Å². The first-order valence-electron chi connectivity index (χ1n) is 13.7. The number of hydrogen-bond donors (Lipinski definition) is 1. The maximum atomic E-state index is 13.0. The maximum Gasteiger partial charge on any atom is 0.415 e. The minimum atomic E-state index is -0.611. The van der Waals surface area contributed by atoms with E-state index in [1.807, 2.05) is 54.1 Å². The fourth-order valence-electron chi connectivity index (χ4n) is 5.18. The summed E-state index contributed by atoms with van der Waals surface area (Å²) in [6.07, 6.45) is 8.61. The number of nitrogens with zero attached hydrogens (tertiary/aromatic N) is 8. The number of aromatic nitrogens is 7. The van der Waals surface area contributed by atoms with Crippen LogP contribution >= 0.6 is 0 Å². The molecule has 0 radical (unpaired) electrons. The summed E-state index contributed by atoms with van der Waals surface area (Å²) in [5.74, 6) is 1.18. The van der Waals surface area contributed by atoms with Gasteiger partial charge in [0.25, 0.3) is 0 Å². The molecule has 1 aliphatic carbocycles. The standard InChI is InChI=1S/C28H38N8O4/c1-7-35(27(38)40-28(2,3)4)24-13-23-22(15-29-24)26(18-14-30-33(5)16-18)32-36(23)20-8-10-21(11-9-20)39-25-12-19(17-37)31-34(25)6/h12-16,20-21,37H,7-11,17H2,1-6H3/t20-,21+. The Morgan fingerprint density at radius 2 is 1.88 bits per heavy atom. The van der Waals surface area contributed by atoms with E-state index in [4.69, 9.17) is 14.6 Å². The average molecular weight is 551 g/mol. The van der Waals surface area contributed by atoms with Crippen LogP contribution in [0.2, 0.25) is 0 Å². The molecule has 0 spiro atoms. The molecule has 0 saturated heterocycles. The Balaban J connectivity index is 1.44. The maximum absolute atomic E-state index is 13.0. The molecule has 12 heteroatoms. The van der Waals surface area contributed by atoms with Crippen LogP contribution in [-0.4, -0.2) is 63.8 Å². The molecule has 40 heavy (non-hydrogen) atoms. The van der Waals surface area contributed by atoms with Crippen molar-refractivity contribution in [3.8, 4) is 17.1 Å². The van der Waals surface area contributed by atoms with Crippen LogP contribution in [0.3, 0.4) is 0 Å². The number of ether oxygens (including phenoxy) is 2. The summed E-state index contributed by atoms with van der Waals surface area (Å²) < 4.78 is 17.4. The Hall–Kier alpha value is -3.93. The smallest absolute Gasteiger partial charge is 0.415 e. The second kappa shape index (κ2) is 10.9. The molecule has 0 unspecified atom stereocenters. The van der Waals surface area contributed by atoms with Gasteiger partial charge in [0.1, 0.15) is 23.2 Å². The Labute approximate surface area is 233 Å². The first kappa shape index (κ1) is 27.6. The number of amides is 1. The summed E-state index contributed by atoms with van der Waals surface area (Å²) in [6, 6.07) is 3.87. The van der Waals surface area contributed by atoms with Crippen LogP contribution < -0.4 is 9.64 Å². The largest absolute Gasteiger partial charge is 0.475 e. The SMILES string of the molecule is CCN(C(=O)OC(C)(C)C)c1cc2c(cn1)c(-c1cnn(C)c1)nn2[C@H]1CC[C@@H](Oc2cc(CO)nn2C)CC1. The zero-order valence-corrected chi connectivity index (χ0v) is 24.0. The summed E-state index contributed by atoms with van der Waals surface area (Å²) in [6.45, 7) is 7.77. The number of aryl methyl sites for hydroxylation is 2. The van der Waals surface area contributed by atoms with Crippen LogP contribution in [0.4, 0.5) is 10.6 Å². The third-order valence-electron chi connectivity index (χ3n) is 7.09. The average Bonchev–Trinajstić information content (AvgIpc) is 3.60. The number of pyridine rings is 1. The molecule has 1 saturated carbocycles. The van der Waals surface area contributed by atoms with Crippen molar-refractivity contribution in [2.45, 2.75) is 77.7 Å². The normalized spacial score (nSPS) is 17.8. The molecule has 0 aliphatic heterocycles. The number of carbonyl (C=O) groups excluding carboxylic acids is 1. The van der Waals surface area contributed by atoms with E-state index < -0.39 is 11.7 Å². The summed E-state index contributed by atoms with van der Waals surface area (Å²) in [4.78, 5) is 19.2. The highest BCUT2D eigenvalue weighted by Gasteiger charge is 2.29. The lowest BCUT2D eigenvalue weighted by molar-refractivity contribution is 0.0581. The molecule has 1 aliphatic rings. The number of carbonyl (C=O) groups is 1. The zero-order chi connectivity index (χ0) is 28.6. The highest BCUT2D eigenvalue weighted by molar-refractivity contribution is 5.96. The van der Waals surface area contributed by atoms with Gasteiger partial charge < -0.3 is 14.6 Å². The first-order valence-corrected chi connectivity index (χ1v) is 13.7. The third-order valence-corrected chi connectivity index (χ3v) is 7.09. The van der Waals surface area contributed by atoms with Crippen molar-refractivity contribution in [2.75, 3.05) is 11.4 Å². The van der Waals surface area contributed by atoms with Gasteiger partial charge in [0, 0.05) is 56.1 Å². The van der Waals surface area contributed by atoms with E-state index in [1.54, 1.807) is 32.7 Å². The minimum absolute atomic E-state index is 0.0535. The lowest BCUT2D eigenvalue weighted by Gasteiger charge is -2.29. The van der Waals surface area contributed by atoms with Gasteiger partial charge in [0.05, 0.1) is 30.1 Å². The Morgan fingerprint density at radius 3 is 2.48 bits per heavy atom. The van der Waals surface area contributed by atoms with Gasteiger partial charge in [-0.1, -0.05) is 0 Å². The van der Waals surface area contributed by atoms with Gasteiger partial charge in [-0.05, 0) is 53.4 Å². The molecule has 0 bridgehead atoms. The van der Waals surface area contributed by atoms with Gasteiger partial charge in [-0.2, -0.15) is 15.3 Å². The van der Waals surface area contributed by atoms with Crippen LogP contribution in [0, 0.1) is 0 Å². The first-order chi connectivity index (χ1) is 19.1. The van der Waals surface area contributed by atoms with Crippen molar-refractivity contribution in [3.05, 3.63) is 36.4 Å². The number of rotatable bonds is 7. The van der Waals surface area contributed by atoms with Crippen molar-refractivity contribution >= 4 is 22.8 Å². The zero-order valence-electron chi connectivity index (χ0n) is 24.0. The van der Waals surface area contributed by atoms with Crippen molar-refractivity contribution in [1.29, 1.82) is 0 Å². The minimum Gasteiger partial charge on any atom is -0.475 e. The molecule has 1 fully saturated rings. The third kappa shape index (κ3) is 5.67. The topological polar surface area (TPSA) is 125 Å². The van der Waals surface area contributed by atoms with Crippen molar-refractivity contribution < 1.29 is 19.4 Å². The number of anilines is 1. The number of hydrogen-bond acceptors (Lipinski definition) is 8. The van der Waals surface area contributed by atoms with E-state index in [-0.39, 0.29) is 18.8 Å². The Bertz CT molecular complexity index is 1490. The van der Waals surface area contributed by atoms with Gasteiger partial charge in [0.2, 0.25) is 5.88 Å². The molecule has 0 atom stereocenters. The van der Waals surface area contributed by atoms with Crippen LogP contribution in [0.1, 0.15) is 65.1 Å². The fourth-order valence-corrected chi connectivity index (χ4v) is 5.18. The highest BCUT2D eigenvalue weighted by atomic mass is 16.6. The molecule has 12 nitrogen and oxygen atoms in total. The predicted molar refractivity (Wildman–Crippen MR) is 150 cm³/mol. The molecule has 214 valence electrons. The van der Waals surface area contributed by atoms with Crippen LogP contribution in [-0.2, 0) is 25.4 Å². The second-order valence-corrected chi connectivity index (χ2v) is 11.3. The summed E-state index contributed by atoms with van der Waals surface area (Å²) >= 11 is 0. The van der Waals surface area contributed by atoms with Gasteiger partial charge in [-0.15, -0.1) is 0 Å². The van der Waals surface area contributed by atoms with E-state index >= 15 is 0 Å². The molecule has 1 amide bonds. The molecule has 1 N–H and O–H groups in total. The van der Waals surface area contributed by atoms with Crippen molar-refractivity contribution in [1.82, 2.24) is 34.3 Å². The Kier molecular flexibility index (Phi) is 7.54. The lowest BCUT2D eigenvalue weighted by atomic mass is 9.93. The predicted octanol–water partition coefficient (Wildman–Crippen LogP) is 4.38. The van der Waals surface area contributed by atoms with Gasteiger partial charge >= 0.3 is 6.09 Å². The molecule has 5 rings (SSSR count). The number of aliphatic hydroxyl groups is 1. The summed E-state index contributed by atoms with van der Waals surface area (Å²) in [5.41, 5.74) is 2.61. The van der Waals surface area contributed by atoms with Gasteiger partial charge in [0.15, 0.2) is 0 Å². The number of aliphatic hydroxyl groups excluding tert-OH is 1. The highest BCUT2D eigenvalue weighted by Crippen LogP contribution is 2.37. The summed E-state index contributed by atoms with van der Waals surface area (Å²) in [7, 11) is 3.70. The van der Waals surface area contributed by atoms with Crippen LogP contribution in [0.25, 0.3) is 22.2 Å². The summed E-state index contributed by atoms with van der Waals surface area (Å²) in [5, 5.41) is 24.0. The van der Waals surface area contributed by atoms with Crippen molar-refractivity contribution in [2.24, 2.45) is 14.1 Å². The molecular formula is C28H38N8O4. The lowest BCUT2D eigenvalue weighted by Crippen LogP contribution is -2.37.